The zero-order chi connectivity index (χ0) is 23.2. The van der Waals surface area contributed by atoms with E-state index in [0.717, 1.165) is 6.54 Å². The summed E-state index contributed by atoms with van der Waals surface area (Å²) in [4.78, 5) is 0. The normalized spacial score (nSPS) is 12.6. The Kier molecular flexibility index (Phi) is 15.9. The standard InChI is InChI=1S/C32H47N/c33-29-19-11-9-7-5-3-1-2-4-6-8-10-14-24-32(27-25-30-20-15-12-16-21-30)28-26-31-22-17-13-18-23-31/h12-13,15-18,20-23,25-28,32H,1-11,14,19,24,29,33H2. The lowest BCUT2D eigenvalue weighted by Crippen LogP contribution is -1.97. The van der Waals surface area contributed by atoms with Gasteiger partial charge in [0.1, 0.15) is 0 Å². The van der Waals surface area contributed by atoms with E-state index >= 15 is 0 Å². The van der Waals surface area contributed by atoms with Crippen LogP contribution in [0.3, 0.4) is 0 Å². The predicted octanol–water partition coefficient (Wildman–Crippen LogP) is 9.45. The van der Waals surface area contributed by atoms with Crippen LogP contribution >= 0.6 is 0 Å². The number of nitrogens with two attached hydrogens (primary N) is 1. The van der Waals surface area contributed by atoms with Crippen molar-refractivity contribution in [1.82, 2.24) is 0 Å². The van der Waals surface area contributed by atoms with Crippen LogP contribution in [0.25, 0.3) is 12.2 Å². The molecule has 0 spiro atoms. The summed E-state index contributed by atoms with van der Waals surface area (Å²) in [5, 5.41) is 0. The number of benzene rings is 2. The van der Waals surface area contributed by atoms with Crippen molar-refractivity contribution in [2.24, 2.45) is 11.7 Å². The van der Waals surface area contributed by atoms with Crippen LogP contribution in [0.4, 0.5) is 0 Å². The highest BCUT2D eigenvalue weighted by Gasteiger charge is 2.01. The van der Waals surface area contributed by atoms with Gasteiger partial charge in [0.25, 0.3) is 0 Å². The topological polar surface area (TPSA) is 26.0 Å². The summed E-state index contributed by atoms with van der Waals surface area (Å²) >= 11 is 0. The molecule has 1 nitrogen and oxygen atoms in total. The second-order valence-corrected chi connectivity index (χ2v) is 9.38. The number of allylic oxidation sites excluding steroid dienone is 2. The predicted molar refractivity (Wildman–Crippen MR) is 148 cm³/mol. The summed E-state index contributed by atoms with van der Waals surface area (Å²) in [7, 11) is 0. The minimum absolute atomic E-state index is 0.496. The monoisotopic (exact) mass is 445 g/mol. The second-order valence-electron chi connectivity index (χ2n) is 9.38. The van der Waals surface area contributed by atoms with Gasteiger partial charge in [-0.3, -0.25) is 0 Å². The van der Waals surface area contributed by atoms with E-state index in [-0.39, 0.29) is 0 Å². The molecule has 0 aliphatic rings. The first-order valence-corrected chi connectivity index (χ1v) is 13.5. The average Bonchev–Trinajstić information content (AvgIpc) is 2.86. The van der Waals surface area contributed by atoms with Crippen molar-refractivity contribution in [1.29, 1.82) is 0 Å². The first-order valence-electron chi connectivity index (χ1n) is 13.5. The number of hydrogen-bond donors (Lipinski definition) is 1. The van der Waals surface area contributed by atoms with Gasteiger partial charge in [-0.05, 0) is 36.4 Å². The molecule has 0 aromatic heterocycles. The highest BCUT2D eigenvalue weighted by atomic mass is 14.5. The fourth-order valence-corrected chi connectivity index (χ4v) is 4.32. The molecule has 0 unspecified atom stereocenters. The van der Waals surface area contributed by atoms with Gasteiger partial charge < -0.3 is 5.73 Å². The van der Waals surface area contributed by atoms with E-state index in [1.807, 2.05) is 0 Å². The summed E-state index contributed by atoms with van der Waals surface area (Å²) in [6.07, 6.45) is 28.4. The Morgan fingerprint density at radius 1 is 0.485 bits per heavy atom. The first-order chi connectivity index (χ1) is 16.4. The Balaban J connectivity index is 1.59. The van der Waals surface area contributed by atoms with Crippen LogP contribution in [-0.2, 0) is 0 Å². The fraction of sp³-hybridized carbons (Fsp3) is 0.500. The lowest BCUT2D eigenvalue weighted by Gasteiger charge is -2.09. The van der Waals surface area contributed by atoms with Gasteiger partial charge in [0.15, 0.2) is 0 Å². The maximum atomic E-state index is 5.55. The van der Waals surface area contributed by atoms with Crippen molar-refractivity contribution >= 4 is 12.2 Å². The van der Waals surface area contributed by atoms with E-state index < -0.39 is 0 Å². The summed E-state index contributed by atoms with van der Waals surface area (Å²) in [5.41, 5.74) is 8.11. The van der Waals surface area contributed by atoms with Crippen LogP contribution in [0.5, 0.6) is 0 Å². The van der Waals surface area contributed by atoms with E-state index in [4.69, 9.17) is 5.73 Å². The number of hydrogen-bond acceptors (Lipinski definition) is 1. The third-order valence-electron chi connectivity index (χ3n) is 6.41. The van der Waals surface area contributed by atoms with E-state index in [0.29, 0.717) is 5.92 Å². The Hall–Kier alpha value is -2.12. The molecule has 0 fully saturated rings. The molecule has 0 heterocycles. The van der Waals surface area contributed by atoms with Crippen LogP contribution in [0.2, 0.25) is 0 Å². The lowest BCUT2D eigenvalue weighted by molar-refractivity contribution is 0.527. The molecule has 2 aromatic rings. The van der Waals surface area contributed by atoms with Crippen molar-refractivity contribution in [3.63, 3.8) is 0 Å². The Labute approximate surface area is 204 Å². The van der Waals surface area contributed by atoms with Gasteiger partial charge in [0, 0.05) is 0 Å². The molecule has 180 valence electrons. The number of unbranched alkanes of at least 4 members (excludes halogenated alkanes) is 12. The molecule has 0 atom stereocenters. The summed E-state index contributed by atoms with van der Waals surface area (Å²) in [6.45, 7) is 0.857. The second kappa shape index (κ2) is 19.4. The SMILES string of the molecule is NCCCCCCCCCCCCCCCC(C=Cc1ccccc1)C=Cc1ccccc1. The summed E-state index contributed by atoms with van der Waals surface area (Å²) < 4.78 is 0. The van der Waals surface area contributed by atoms with E-state index in [1.54, 1.807) is 0 Å². The smallest absolute Gasteiger partial charge is 0.00468 e. The molecule has 2 rings (SSSR count). The fourth-order valence-electron chi connectivity index (χ4n) is 4.32. The van der Waals surface area contributed by atoms with E-state index in [1.165, 1.54) is 101 Å². The zero-order valence-electron chi connectivity index (χ0n) is 20.8. The van der Waals surface area contributed by atoms with Gasteiger partial charge in [-0.1, -0.05) is 162 Å². The largest absolute Gasteiger partial charge is 0.330 e. The van der Waals surface area contributed by atoms with Gasteiger partial charge in [0.05, 0.1) is 0 Å². The minimum atomic E-state index is 0.496. The van der Waals surface area contributed by atoms with Gasteiger partial charge in [0.2, 0.25) is 0 Å². The highest BCUT2D eigenvalue weighted by Crippen LogP contribution is 2.19. The molecule has 0 saturated heterocycles. The Bertz CT molecular complexity index is 682. The third kappa shape index (κ3) is 14.6. The van der Waals surface area contributed by atoms with Crippen LogP contribution in [0.15, 0.2) is 72.8 Å². The first kappa shape index (κ1) is 27.1. The average molecular weight is 446 g/mol. The maximum Gasteiger partial charge on any atom is -0.00468 e. The minimum Gasteiger partial charge on any atom is -0.330 e. The summed E-state index contributed by atoms with van der Waals surface area (Å²) in [6, 6.07) is 21.3. The van der Waals surface area contributed by atoms with Crippen LogP contribution in [-0.4, -0.2) is 6.54 Å². The highest BCUT2D eigenvalue weighted by molar-refractivity contribution is 5.52. The van der Waals surface area contributed by atoms with Crippen molar-refractivity contribution in [2.45, 2.75) is 89.9 Å². The third-order valence-corrected chi connectivity index (χ3v) is 6.41. The van der Waals surface area contributed by atoms with Crippen LogP contribution in [0.1, 0.15) is 101 Å². The van der Waals surface area contributed by atoms with Gasteiger partial charge >= 0.3 is 0 Å². The molecule has 0 radical (unpaired) electrons. The van der Waals surface area contributed by atoms with E-state index in [9.17, 15) is 0 Å². The molecular formula is C32H47N. The molecular weight excluding hydrogens is 398 g/mol. The van der Waals surface area contributed by atoms with E-state index in [2.05, 4.69) is 85.0 Å². The molecule has 33 heavy (non-hydrogen) atoms. The van der Waals surface area contributed by atoms with Crippen LogP contribution in [0, 0.1) is 5.92 Å². The van der Waals surface area contributed by atoms with Crippen molar-refractivity contribution in [2.75, 3.05) is 6.54 Å². The van der Waals surface area contributed by atoms with Crippen molar-refractivity contribution in [3.05, 3.63) is 83.9 Å². The van der Waals surface area contributed by atoms with Gasteiger partial charge in [-0.2, -0.15) is 0 Å². The van der Waals surface area contributed by atoms with Gasteiger partial charge in [-0.25, -0.2) is 0 Å². The molecule has 0 amide bonds. The molecule has 0 aliphatic heterocycles. The van der Waals surface area contributed by atoms with Crippen molar-refractivity contribution < 1.29 is 0 Å². The zero-order valence-corrected chi connectivity index (χ0v) is 20.8. The Morgan fingerprint density at radius 2 is 0.848 bits per heavy atom. The Morgan fingerprint density at radius 3 is 1.24 bits per heavy atom. The van der Waals surface area contributed by atoms with Gasteiger partial charge in [-0.15, -0.1) is 0 Å². The quantitative estimate of drug-likeness (QED) is 0.214. The molecule has 1 heteroatoms. The molecule has 0 bridgehead atoms. The molecule has 0 aliphatic carbocycles. The molecule has 2 N–H and O–H groups in total. The number of rotatable bonds is 19. The molecule has 2 aromatic carbocycles. The molecule has 0 saturated carbocycles. The lowest BCUT2D eigenvalue weighted by atomic mass is 9.97. The van der Waals surface area contributed by atoms with Crippen LogP contribution < -0.4 is 5.73 Å². The summed E-state index contributed by atoms with van der Waals surface area (Å²) in [5.74, 6) is 0.496. The van der Waals surface area contributed by atoms with Crippen molar-refractivity contribution in [3.8, 4) is 0 Å². The maximum absolute atomic E-state index is 5.55.